The molecule has 0 aliphatic heterocycles. The lowest BCUT2D eigenvalue weighted by Crippen LogP contribution is -2.18. The molecule has 4 rings (SSSR count). The van der Waals surface area contributed by atoms with E-state index in [4.69, 9.17) is 0 Å². The van der Waals surface area contributed by atoms with E-state index in [0.717, 1.165) is 24.9 Å². The summed E-state index contributed by atoms with van der Waals surface area (Å²) in [7, 11) is 0. The molecule has 27 heavy (non-hydrogen) atoms. The van der Waals surface area contributed by atoms with Gasteiger partial charge in [0.05, 0.1) is 6.10 Å². The molecule has 0 radical (unpaired) electrons. The largest absolute Gasteiger partial charge is 0.508 e. The van der Waals surface area contributed by atoms with Crippen molar-refractivity contribution in [3.63, 3.8) is 0 Å². The van der Waals surface area contributed by atoms with Crippen LogP contribution in [0.2, 0.25) is 0 Å². The lowest BCUT2D eigenvalue weighted by Gasteiger charge is -2.14. The lowest BCUT2D eigenvalue weighted by atomic mass is 10.2. The first-order valence-corrected chi connectivity index (χ1v) is 11.1. The van der Waals surface area contributed by atoms with E-state index < -0.39 is 6.10 Å². The zero-order valence-electron chi connectivity index (χ0n) is 14.3. The van der Waals surface area contributed by atoms with Crippen LogP contribution in [0, 0.1) is 0 Å². The average Bonchev–Trinajstić information content (AvgIpc) is 2.94. The Morgan fingerprint density at radius 1 is 0.852 bits per heavy atom. The summed E-state index contributed by atoms with van der Waals surface area (Å²) in [5.41, 5.74) is 2.22. The number of aromatic nitrogens is 1. The van der Waals surface area contributed by atoms with Gasteiger partial charge in [-0.25, -0.2) is 0 Å². The highest BCUT2D eigenvalue weighted by Gasteiger charge is 2.15. The molecule has 2 N–H and O–H groups in total. The van der Waals surface area contributed by atoms with Gasteiger partial charge >= 0.3 is 0 Å². The first-order chi connectivity index (χ1) is 13.0. The minimum atomic E-state index is -0.491. The van der Waals surface area contributed by atoms with Crippen LogP contribution in [0.4, 0.5) is 0 Å². The monoisotopic (exact) mass is 505 g/mol. The van der Waals surface area contributed by atoms with Gasteiger partial charge in [0, 0.05) is 47.9 Å². The quantitative estimate of drug-likeness (QED) is 0.318. The zero-order valence-corrected chi connectivity index (χ0v) is 18.3. The Balaban J connectivity index is 1.63. The highest BCUT2D eigenvalue weighted by atomic mass is 79.9. The number of benzene rings is 3. The van der Waals surface area contributed by atoms with Crippen LogP contribution in [0.5, 0.6) is 5.75 Å². The third-order valence-corrected chi connectivity index (χ3v) is 6.60. The molecule has 3 nitrogen and oxygen atoms in total. The van der Waals surface area contributed by atoms with Gasteiger partial charge < -0.3 is 14.8 Å². The van der Waals surface area contributed by atoms with Crippen molar-refractivity contribution in [2.24, 2.45) is 0 Å². The van der Waals surface area contributed by atoms with Crippen LogP contribution >= 0.6 is 43.6 Å². The molecule has 0 unspecified atom stereocenters. The smallest absolute Gasteiger partial charge is 0.115 e. The van der Waals surface area contributed by atoms with Crippen LogP contribution < -0.4 is 0 Å². The molecule has 6 heteroatoms. The molecule has 4 aromatic rings. The number of aliphatic hydroxyl groups excluding tert-OH is 1. The van der Waals surface area contributed by atoms with Crippen LogP contribution in [0.15, 0.2) is 74.5 Å². The van der Waals surface area contributed by atoms with Gasteiger partial charge in [0.2, 0.25) is 0 Å². The molecule has 0 fully saturated rings. The predicted octanol–water partition coefficient (Wildman–Crippen LogP) is 6.18. The Kier molecular flexibility index (Phi) is 5.50. The summed E-state index contributed by atoms with van der Waals surface area (Å²) in [5.74, 6) is 0.835. The molecule has 138 valence electrons. The number of aromatic hydroxyl groups is 1. The minimum absolute atomic E-state index is 0.252. The summed E-state index contributed by atoms with van der Waals surface area (Å²) in [6.07, 6.45) is -0.491. The first kappa shape index (κ1) is 18.9. The van der Waals surface area contributed by atoms with Crippen LogP contribution in [0.25, 0.3) is 21.8 Å². The van der Waals surface area contributed by atoms with E-state index in [1.807, 2.05) is 24.3 Å². The maximum Gasteiger partial charge on any atom is 0.115 e. The number of fused-ring (bicyclic) bond motifs is 3. The summed E-state index contributed by atoms with van der Waals surface area (Å²) in [6, 6.07) is 19.5. The van der Waals surface area contributed by atoms with Gasteiger partial charge in [-0.3, -0.25) is 0 Å². The Bertz CT molecular complexity index is 1050. The van der Waals surface area contributed by atoms with E-state index in [2.05, 4.69) is 60.7 Å². The van der Waals surface area contributed by atoms with Gasteiger partial charge in [0.15, 0.2) is 0 Å². The number of thioether (sulfide) groups is 1. The number of rotatable bonds is 5. The second kappa shape index (κ2) is 7.87. The summed E-state index contributed by atoms with van der Waals surface area (Å²) in [5, 5.41) is 22.4. The second-order valence-electron chi connectivity index (χ2n) is 6.39. The predicted molar refractivity (Wildman–Crippen MR) is 120 cm³/mol. The molecule has 0 aliphatic carbocycles. The number of phenols is 1. The molecule has 0 saturated carbocycles. The standard InChI is InChI=1S/C21H17Br2NO2S/c22-13-1-7-20-18(9-13)19-10-14(23)2-8-21(19)24(20)11-16(26)12-27-17-5-3-15(25)4-6-17/h1-10,16,25-26H,11-12H2/t16-/m1/s1. The Morgan fingerprint density at radius 2 is 1.41 bits per heavy atom. The fourth-order valence-corrected chi connectivity index (χ4v) is 4.78. The summed E-state index contributed by atoms with van der Waals surface area (Å²) < 4.78 is 4.26. The highest BCUT2D eigenvalue weighted by molar-refractivity contribution is 9.10. The number of hydrogen-bond donors (Lipinski definition) is 2. The molecule has 0 aliphatic rings. The Hall–Kier alpha value is -1.47. The maximum absolute atomic E-state index is 10.7. The van der Waals surface area contributed by atoms with Gasteiger partial charge in [0.1, 0.15) is 5.75 Å². The van der Waals surface area contributed by atoms with Gasteiger partial charge in [-0.1, -0.05) is 31.9 Å². The van der Waals surface area contributed by atoms with Crippen molar-refractivity contribution in [1.29, 1.82) is 0 Å². The van der Waals surface area contributed by atoms with Crippen molar-refractivity contribution in [1.82, 2.24) is 4.57 Å². The normalized spacial score (nSPS) is 12.7. The first-order valence-electron chi connectivity index (χ1n) is 8.48. The molecule has 0 saturated heterocycles. The van der Waals surface area contributed by atoms with Crippen LogP contribution in [0.3, 0.4) is 0 Å². The number of hydrogen-bond acceptors (Lipinski definition) is 3. The Labute approximate surface area is 178 Å². The van der Waals surface area contributed by atoms with Crippen molar-refractivity contribution in [3.8, 4) is 5.75 Å². The fraction of sp³-hybridized carbons (Fsp3) is 0.143. The SMILES string of the molecule is Oc1ccc(SC[C@H](O)Cn2c3ccc(Br)cc3c3cc(Br)ccc32)cc1. The highest BCUT2D eigenvalue weighted by Crippen LogP contribution is 2.33. The lowest BCUT2D eigenvalue weighted by molar-refractivity contribution is 0.181. The maximum atomic E-state index is 10.7. The van der Waals surface area contributed by atoms with E-state index in [1.165, 1.54) is 10.8 Å². The molecule has 1 heterocycles. The summed E-state index contributed by atoms with van der Waals surface area (Å²) in [6.45, 7) is 0.522. The van der Waals surface area contributed by atoms with Gasteiger partial charge in [0.25, 0.3) is 0 Å². The minimum Gasteiger partial charge on any atom is -0.508 e. The Morgan fingerprint density at radius 3 is 1.96 bits per heavy atom. The van der Waals surface area contributed by atoms with Crippen molar-refractivity contribution in [3.05, 3.63) is 69.6 Å². The fourth-order valence-electron chi connectivity index (χ4n) is 3.24. The van der Waals surface area contributed by atoms with Gasteiger partial charge in [-0.05, 0) is 60.7 Å². The molecule has 1 atom stereocenters. The van der Waals surface area contributed by atoms with E-state index in [-0.39, 0.29) is 5.75 Å². The molecule has 3 aromatic carbocycles. The van der Waals surface area contributed by atoms with E-state index >= 15 is 0 Å². The number of halogens is 2. The average molecular weight is 507 g/mol. The van der Waals surface area contributed by atoms with Crippen molar-refractivity contribution in [2.75, 3.05) is 5.75 Å². The van der Waals surface area contributed by atoms with Crippen molar-refractivity contribution >= 4 is 65.4 Å². The van der Waals surface area contributed by atoms with Crippen LogP contribution in [-0.2, 0) is 6.54 Å². The third kappa shape index (κ3) is 4.04. The molecule has 1 aromatic heterocycles. The molecule has 0 spiro atoms. The number of aliphatic hydroxyl groups is 1. The van der Waals surface area contributed by atoms with Crippen LogP contribution in [-0.4, -0.2) is 26.6 Å². The van der Waals surface area contributed by atoms with Crippen molar-refractivity contribution in [2.45, 2.75) is 17.5 Å². The van der Waals surface area contributed by atoms with E-state index in [9.17, 15) is 10.2 Å². The molecular weight excluding hydrogens is 490 g/mol. The number of nitrogens with zero attached hydrogens (tertiary/aromatic N) is 1. The van der Waals surface area contributed by atoms with Gasteiger partial charge in [-0.2, -0.15) is 0 Å². The van der Waals surface area contributed by atoms with E-state index in [1.54, 1.807) is 23.9 Å². The second-order valence-corrected chi connectivity index (χ2v) is 9.32. The molecular formula is C21H17Br2NO2S. The summed E-state index contributed by atoms with van der Waals surface area (Å²) >= 11 is 8.71. The van der Waals surface area contributed by atoms with Crippen LogP contribution in [0.1, 0.15) is 0 Å². The number of phenolic OH excluding ortho intramolecular Hbond substituents is 1. The van der Waals surface area contributed by atoms with Crippen molar-refractivity contribution < 1.29 is 10.2 Å². The molecule has 0 amide bonds. The van der Waals surface area contributed by atoms with Gasteiger partial charge in [-0.15, -0.1) is 11.8 Å². The third-order valence-electron chi connectivity index (χ3n) is 4.46. The summed E-state index contributed by atoms with van der Waals surface area (Å²) in [4.78, 5) is 1.03. The zero-order chi connectivity index (χ0) is 19.0. The topological polar surface area (TPSA) is 45.4 Å². The molecule has 0 bridgehead atoms. The van der Waals surface area contributed by atoms with E-state index in [0.29, 0.717) is 12.3 Å².